The number of hydrogen-bond donors (Lipinski definition) is 1. The first-order valence-electron chi connectivity index (χ1n) is 11.7. The number of halogens is 1. The highest BCUT2D eigenvalue weighted by Gasteiger charge is 2.22. The van der Waals surface area contributed by atoms with Gasteiger partial charge in [-0.2, -0.15) is 0 Å². The molecule has 0 bridgehead atoms. The van der Waals surface area contributed by atoms with Gasteiger partial charge < -0.3 is 24.6 Å². The van der Waals surface area contributed by atoms with Gasteiger partial charge in [-0.1, -0.05) is 12.1 Å². The van der Waals surface area contributed by atoms with Gasteiger partial charge in [0.1, 0.15) is 0 Å². The second-order valence-electron chi connectivity index (χ2n) is 8.35. The van der Waals surface area contributed by atoms with Crippen LogP contribution in [-0.4, -0.2) is 81.3 Å². The summed E-state index contributed by atoms with van der Waals surface area (Å²) < 4.78 is 11.0. The van der Waals surface area contributed by atoms with Gasteiger partial charge in [-0.3, -0.25) is 9.79 Å². The zero-order valence-corrected chi connectivity index (χ0v) is 21.9. The fourth-order valence-electron chi connectivity index (χ4n) is 4.25. The van der Waals surface area contributed by atoms with Crippen molar-refractivity contribution in [1.82, 2.24) is 15.1 Å². The van der Waals surface area contributed by atoms with Crippen LogP contribution in [0.1, 0.15) is 54.4 Å². The van der Waals surface area contributed by atoms with Crippen molar-refractivity contribution in [2.75, 3.05) is 53.6 Å². The highest BCUT2D eigenvalue weighted by molar-refractivity contribution is 14.0. The SMILES string of the molecule is CN=C(NCc1ccc(C(=O)N2CCCCC2)cc1)N1CCC(OCCCOC)CC1.I. The summed E-state index contributed by atoms with van der Waals surface area (Å²) in [6, 6.07) is 7.97. The molecule has 180 valence electrons. The van der Waals surface area contributed by atoms with Gasteiger partial charge in [-0.25, -0.2) is 0 Å². The Morgan fingerprint density at radius 3 is 2.34 bits per heavy atom. The number of amides is 1. The van der Waals surface area contributed by atoms with Gasteiger partial charge in [0.15, 0.2) is 5.96 Å². The molecule has 1 aromatic carbocycles. The van der Waals surface area contributed by atoms with Crippen LogP contribution in [0.2, 0.25) is 0 Å². The summed E-state index contributed by atoms with van der Waals surface area (Å²) in [5.41, 5.74) is 1.93. The second kappa shape index (κ2) is 14.7. The quantitative estimate of drug-likeness (QED) is 0.229. The molecule has 2 fully saturated rings. The molecular weight excluding hydrogens is 519 g/mol. The highest BCUT2D eigenvalue weighted by atomic mass is 127. The number of ether oxygens (including phenoxy) is 2. The van der Waals surface area contributed by atoms with E-state index in [2.05, 4.69) is 15.2 Å². The number of nitrogens with zero attached hydrogens (tertiary/aromatic N) is 3. The van der Waals surface area contributed by atoms with Crippen LogP contribution in [0.25, 0.3) is 0 Å². The normalized spacial score (nSPS) is 17.8. The number of nitrogens with one attached hydrogen (secondary N) is 1. The van der Waals surface area contributed by atoms with Crippen molar-refractivity contribution in [1.29, 1.82) is 0 Å². The van der Waals surface area contributed by atoms with Gasteiger partial charge in [-0.15, -0.1) is 24.0 Å². The van der Waals surface area contributed by atoms with E-state index in [0.717, 1.165) is 88.6 Å². The Labute approximate surface area is 209 Å². The summed E-state index contributed by atoms with van der Waals surface area (Å²) in [4.78, 5) is 21.4. The minimum absolute atomic E-state index is 0. The fourth-order valence-corrected chi connectivity index (χ4v) is 4.25. The van der Waals surface area contributed by atoms with Crippen LogP contribution in [0.5, 0.6) is 0 Å². The average molecular weight is 559 g/mol. The molecule has 0 unspecified atom stereocenters. The Kier molecular flexibility index (Phi) is 12.3. The Balaban J connectivity index is 0.00000363. The summed E-state index contributed by atoms with van der Waals surface area (Å²) in [7, 11) is 3.55. The molecule has 2 aliphatic rings. The molecule has 7 nitrogen and oxygen atoms in total. The standard InChI is InChI=1S/C24H38N4O3.HI/c1-25-24(28-15-11-22(12-16-28)31-18-6-17-30-2)26-19-20-7-9-21(10-8-20)23(29)27-13-4-3-5-14-27;/h7-10,22H,3-6,11-19H2,1-2H3,(H,25,26);1H. The lowest BCUT2D eigenvalue weighted by molar-refractivity contribution is 0.00989. The third kappa shape index (κ3) is 8.19. The molecular formula is C24H39IN4O3. The van der Waals surface area contributed by atoms with E-state index in [0.29, 0.717) is 12.6 Å². The highest BCUT2D eigenvalue weighted by Crippen LogP contribution is 2.16. The Morgan fingerprint density at radius 1 is 1.03 bits per heavy atom. The Hall–Kier alpha value is -1.39. The molecule has 0 spiro atoms. The van der Waals surface area contributed by atoms with E-state index in [-0.39, 0.29) is 29.9 Å². The number of rotatable bonds is 8. The molecule has 1 N–H and O–H groups in total. The maximum atomic E-state index is 12.6. The van der Waals surface area contributed by atoms with Gasteiger partial charge >= 0.3 is 0 Å². The van der Waals surface area contributed by atoms with Crippen LogP contribution in [0, 0.1) is 0 Å². The number of carbonyl (C=O) groups is 1. The molecule has 0 atom stereocenters. The van der Waals surface area contributed by atoms with Gasteiger partial charge in [0.25, 0.3) is 5.91 Å². The lowest BCUT2D eigenvalue weighted by Gasteiger charge is -2.34. The molecule has 0 aliphatic carbocycles. The van der Waals surface area contributed by atoms with Crippen molar-refractivity contribution in [3.63, 3.8) is 0 Å². The maximum absolute atomic E-state index is 12.6. The summed E-state index contributed by atoms with van der Waals surface area (Å²) >= 11 is 0. The fraction of sp³-hybridized carbons (Fsp3) is 0.667. The number of benzene rings is 1. The van der Waals surface area contributed by atoms with E-state index < -0.39 is 0 Å². The van der Waals surface area contributed by atoms with Crippen LogP contribution >= 0.6 is 24.0 Å². The number of aliphatic imine (C=N–C) groups is 1. The molecule has 1 aromatic rings. The van der Waals surface area contributed by atoms with E-state index in [1.165, 1.54) is 6.42 Å². The summed E-state index contributed by atoms with van der Waals surface area (Å²) in [5.74, 6) is 1.08. The van der Waals surface area contributed by atoms with Crippen LogP contribution in [0.4, 0.5) is 0 Å². The first-order chi connectivity index (χ1) is 15.2. The predicted octanol–water partition coefficient (Wildman–Crippen LogP) is 3.52. The molecule has 2 aliphatic heterocycles. The molecule has 1 amide bonds. The molecule has 32 heavy (non-hydrogen) atoms. The van der Waals surface area contributed by atoms with Crippen molar-refractivity contribution < 1.29 is 14.3 Å². The van der Waals surface area contributed by atoms with E-state index in [9.17, 15) is 4.79 Å². The third-order valence-corrected chi connectivity index (χ3v) is 6.09. The monoisotopic (exact) mass is 558 g/mol. The van der Waals surface area contributed by atoms with Crippen LogP contribution in [-0.2, 0) is 16.0 Å². The van der Waals surface area contributed by atoms with Crippen LogP contribution in [0.3, 0.4) is 0 Å². The smallest absolute Gasteiger partial charge is 0.253 e. The average Bonchev–Trinajstić information content (AvgIpc) is 2.83. The van der Waals surface area contributed by atoms with E-state index in [1.54, 1.807) is 7.11 Å². The number of hydrogen-bond acceptors (Lipinski definition) is 4. The first kappa shape index (κ1) is 26.9. The van der Waals surface area contributed by atoms with Crippen molar-refractivity contribution in [2.24, 2.45) is 4.99 Å². The summed E-state index contributed by atoms with van der Waals surface area (Å²) in [6.07, 6.45) is 6.77. The minimum atomic E-state index is 0. The number of piperidine rings is 2. The van der Waals surface area contributed by atoms with Gasteiger partial charge in [0.05, 0.1) is 6.10 Å². The number of methoxy groups -OCH3 is 1. The molecule has 3 rings (SSSR count). The van der Waals surface area contributed by atoms with Crippen molar-refractivity contribution in [3.8, 4) is 0 Å². The molecule has 8 heteroatoms. The second-order valence-corrected chi connectivity index (χ2v) is 8.35. The first-order valence-corrected chi connectivity index (χ1v) is 11.7. The lowest BCUT2D eigenvalue weighted by Crippen LogP contribution is -2.46. The van der Waals surface area contributed by atoms with E-state index in [1.807, 2.05) is 36.2 Å². The van der Waals surface area contributed by atoms with E-state index >= 15 is 0 Å². The number of guanidine groups is 1. The van der Waals surface area contributed by atoms with Crippen molar-refractivity contribution in [3.05, 3.63) is 35.4 Å². The lowest BCUT2D eigenvalue weighted by atomic mass is 10.1. The molecule has 0 saturated carbocycles. The largest absolute Gasteiger partial charge is 0.385 e. The zero-order valence-electron chi connectivity index (χ0n) is 19.6. The minimum Gasteiger partial charge on any atom is -0.385 e. The third-order valence-electron chi connectivity index (χ3n) is 6.09. The van der Waals surface area contributed by atoms with Crippen LogP contribution < -0.4 is 5.32 Å². The van der Waals surface area contributed by atoms with Crippen LogP contribution in [0.15, 0.2) is 29.3 Å². The summed E-state index contributed by atoms with van der Waals surface area (Å²) in [5, 5.41) is 3.47. The Morgan fingerprint density at radius 2 is 1.72 bits per heavy atom. The van der Waals surface area contributed by atoms with Crippen molar-refractivity contribution in [2.45, 2.75) is 51.2 Å². The molecule has 2 heterocycles. The molecule has 0 radical (unpaired) electrons. The number of carbonyl (C=O) groups excluding carboxylic acids is 1. The Bertz CT molecular complexity index is 700. The molecule has 2 saturated heterocycles. The zero-order chi connectivity index (χ0) is 21.9. The van der Waals surface area contributed by atoms with Gasteiger partial charge in [-0.05, 0) is 56.2 Å². The molecule has 0 aromatic heterocycles. The van der Waals surface area contributed by atoms with Gasteiger partial charge in [0, 0.05) is 65.7 Å². The van der Waals surface area contributed by atoms with Crippen molar-refractivity contribution >= 4 is 35.8 Å². The topological polar surface area (TPSA) is 66.4 Å². The maximum Gasteiger partial charge on any atom is 0.253 e. The van der Waals surface area contributed by atoms with Gasteiger partial charge in [0.2, 0.25) is 0 Å². The number of likely N-dealkylation sites (tertiary alicyclic amines) is 2. The van der Waals surface area contributed by atoms with E-state index in [4.69, 9.17) is 9.47 Å². The summed E-state index contributed by atoms with van der Waals surface area (Å²) in [6.45, 7) is 5.86. The predicted molar refractivity (Wildman–Crippen MR) is 139 cm³/mol.